The normalized spacial score (nSPS) is 11.2. The summed E-state index contributed by atoms with van der Waals surface area (Å²) < 4.78 is 4.96. The molecule has 19 heavy (non-hydrogen) atoms. The van der Waals surface area contributed by atoms with Crippen LogP contribution in [0.5, 0.6) is 0 Å². The number of aromatic nitrogens is 1. The molecule has 0 saturated carbocycles. The van der Waals surface area contributed by atoms with E-state index in [1.54, 1.807) is 13.8 Å². The van der Waals surface area contributed by atoms with E-state index in [2.05, 4.69) is 10.3 Å². The predicted octanol–water partition coefficient (Wildman–Crippen LogP) is 1.80. The van der Waals surface area contributed by atoms with Crippen LogP contribution in [0.3, 0.4) is 0 Å². The highest BCUT2D eigenvalue weighted by atomic mass is 35.5. The summed E-state index contributed by atoms with van der Waals surface area (Å²) in [5, 5.41) is 13.2. The summed E-state index contributed by atoms with van der Waals surface area (Å²) in [6, 6.07) is 1.25. The van der Waals surface area contributed by atoms with E-state index in [9.17, 15) is 14.9 Å². The molecule has 8 heteroatoms. The largest absolute Gasteiger partial charge is 0.382 e. The van der Waals surface area contributed by atoms with Gasteiger partial charge >= 0.3 is 5.69 Å². The zero-order chi connectivity index (χ0) is 14.6. The Morgan fingerprint density at radius 3 is 2.79 bits per heavy atom. The van der Waals surface area contributed by atoms with Gasteiger partial charge in [-0.3, -0.25) is 14.9 Å². The minimum atomic E-state index is -0.729. The van der Waals surface area contributed by atoms with Crippen molar-refractivity contribution in [2.24, 2.45) is 0 Å². The Morgan fingerprint density at radius 1 is 1.63 bits per heavy atom. The predicted molar refractivity (Wildman–Crippen MR) is 69.3 cm³/mol. The van der Waals surface area contributed by atoms with Gasteiger partial charge in [0.05, 0.1) is 17.1 Å². The van der Waals surface area contributed by atoms with Crippen LogP contribution in [0.1, 0.15) is 24.2 Å². The van der Waals surface area contributed by atoms with E-state index in [0.29, 0.717) is 0 Å². The van der Waals surface area contributed by atoms with Gasteiger partial charge in [0.15, 0.2) is 0 Å². The highest BCUT2D eigenvalue weighted by Crippen LogP contribution is 2.26. The SMILES string of the molecule is COCC(C)(C)NC(=O)c1ccnc(Cl)c1[N+](=O)[O-]. The zero-order valence-electron chi connectivity index (χ0n) is 10.8. The lowest BCUT2D eigenvalue weighted by Gasteiger charge is -2.25. The maximum Gasteiger partial charge on any atom is 0.319 e. The molecule has 0 unspecified atom stereocenters. The molecule has 0 aliphatic carbocycles. The lowest BCUT2D eigenvalue weighted by Crippen LogP contribution is -2.46. The Hall–Kier alpha value is -1.73. The van der Waals surface area contributed by atoms with Gasteiger partial charge in [-0.2, -0.15) is 0 Å². The lowest BCUT2D eigenvalue weighted by molar-refractivity contribution is -0.385. The van der Waals surface area contributed by atoms with Gasteiger partial charge in [-0.1, -0.05) is 11.6 Å². The number of ether oxygens (including phenoxy) is 1. The number of methoxy groups -OCH3 is 1. The van der Waals surface area contributed by atoms with Crippen LogP contribution in [-0.2, 0) is 4.74 Å². The molecule has 0 aromatic carbocycles. The van der Waals surface area contributed by atoms with Crippen molar-refractivity contribution in [1.82, 2.24) is 10.3 Å². The molecule has 104 valence electrons. The molecule has 1 aromatic heterocycles. The number of nitrogens with zero attached hydrogens (tertiary/aromatic N) is 2. The number of nitro groups is 1. The first-order chi connectivity index (χ1) is 8.78. The maximum absolute atomic E-state index is 12.1. The van der Waals surface area contributed by atoms with E-state index in [1.165, 1.54) is 19.4 Å². The van der Waals surface area contributed by atoms with Crippen molar-refractivity contribution < 1.29 is 14.5 Å². The van der Waals surface area contributed by atoms with Crippen molar-refractivity contribution in [3.63, 3.8) is 0 Å². The van der Waals surface area contributed by atoms with Gasteiger partial charge in [0.1, 0.15) is 5.56 Å². The Bertz CT molecular complexity index is 505. The van der Waals surface area contributed by atoms with Gasteiger partial charge in [-0.15, -0.1) is 0 Å². The molecule has 0 fully saturated rings. The Morgan fingerprint density at radius 2 is 2.26 bits per heavy atom. The van der Waals surface area contributed by atoms with E-state index < -0.39 is 22.1 Å². The molecular formula is C11H14ClN3O4. The fourth-order valence-electron chi connectivity index (χ4n) is 1.56. The standard InChI is InChI=1S/C11H14ClN3O4/c1-11(2,6-19-3)14-10(16)7-4-5-13-9(12)8(7)15(17)18/h4-5H,6H2,1-3H3,(H,14,16). The minimum absolute atomic E-state index is 0.130. The van der Waals surface area contributed by atoms with E-state index in [-0.39, 0.29) is 17.3 Å². The first kappa shape index (κ1) is 15.3. The fourth-order valence-corrected chi connectivity index (χ4v) is 1.78. The van der Waals surface area contributed by atoms with Gasteiger partial charge < -0.3 is 10.1 Å². The number of nitrogens with one attached hydrogen (secondary N) is 1. The quantitative estimate of drug-likeness (QED) is 0.506. The van der Waals surface area contributed by atoms with Crippen LogP contribution in [-0.4, -0.2) is 35.1 Å². The number of amides is 1. The third kappa shape index (κ3) is 3.87. The second kappa shape index (κ2) is 5.94. The van der Waals surface area contributed by atoms with Crippen molar-refractivity contribution >= 4 is 23.2 Å². The summed E-state index contributed by atoms with van der Waals surface area (Å²) in [6.07, 6.45) is 1.24. The van der Waals surface area contributed by atoms with Gasteiger partial charge in [-0.05, 0) is 19.9 Å². The summed E-state index contributed by atoms with van der Waals surface area (Å²) >= 11 is 5.64. The van der Waals surface area contributed by atoms with Crippen LogP contribution in [0.15, 0.2) is 12.3 Å². The van der Waals surface area contributed by atoms with E-state index in [4.69, 9.17) is 16.3 Å². The lowest BCUT2D eigenvalue weighted by atomic mass is 10.1. The van der Waals surface area contributed by atoms with Crippen LogP contribution in [0.2, 0.25) is 5.15 Å². The molecule has 0 aliphatic heterocycles. The van der Waals surface area contributed by atoms with Crippen LogP contribution in [0.25, 0.3) is 0 Å². The molecule has 0 aliphatic rings. The first-order valence-electron chi connectivity index (χ1n) is 5.39. The van der Waals surface area contributed by atoms with Crippen LogP contribution < -0.4 is 5.32 Å². The van der Waals surface area contributed by atoms with E-state index >= 15 is 0 Å². The minimum Gasteiger partial charge on any atom is -0.382 e. The number of hydrogen-bond donors (Lipinski definition) is 1. The second-order valence-corrected chi connectivity index (χ2v) is 4.88. The number of carbonyl (C=O) groups excluding carboxylic acids is 1. The van der Waals surface area contributed by atoms with Crippen molar-refractivity contribution in [3.05, 3.63) is 33.1 Å². The molecule has 7 nitrogen and oxygen atoms in total. The average Bonchev–Trinajstić information content (AvgIpc) is 2.27. The monoisotopic (exact) mass is 287 g/mol. The molecule has 1 N–H and O–H groups in total. The molecule has 0 spiro atoms. The fraction of sp³-hybridized carbons (Fsp3) is 0.455. The van der Waals surface area contributed by atoms with E-state index in [0.717, 1.165) is 0 Å². The number of rotatable bonds is 5. The zero-order valence-corrected chi connectivity index (χ0v) is 11.5. The van der Waals surface area contributed by atoms with Crippen molar-refractivity contribution in [2.45, 2.75) is 19.4 Å². The number of pyridine rings is 1. The summed E-state index contributed by atoms with van der Waals surface area (Å²) in [6.45, 7) is 3.75. The molecular weight excluding hydrogens is 274 g/mol. The van der Waals surface area contributed by atoms with Gasteiger partial charge in [0, 0.05) is 13.3 Å². The number of carbonyl (C=O) groups is 1. The molecule has 0 bridgehead atoms. The summed E-state index contributed by atoms with van der Waals surface area (Å²) in [5.41, 5.74) is -1.29. The third-order valence-electron chi connectivity index (χ3n) is 2.26. The van der Waals surface area contributed by atoms with Crippen LogP contribution >= 0.6 is 11.6 Å². The molecule has 0 atom stereocenters. The number of hydrogen-bond acceptors (Lipinski definition) is 5. The van der Waals surface area contributed by atoms with Crippen LogP contribution in [0, 0.1) is 10.1 Å². The topological polar surface area (TPSA) is 94.4 Å². The summed E-state index contributed by atoms with van der Waals surface area (Å²) in [7, 11) is 1.50. The molecule has 1 aromatic rings. The van der Waals surface area contributed by atoms with Gasteiger partial charge in [0.2, 0.25) is 5.15 Å². The Labute approximate surface area is 115 Å². The number of halogens is 1. The van der Waals surface area contributed by atoms with Gasteiger partial charge in [-0.25, -0.2) is 4.98 Å². The van der Waals surface area contributed by atoms with E-state index in [1.807, 2.05) is 0 Å². The Kier molecular flexibility index (Phi) is 4.79. The van der Waals surface area contributed by atoms with Crippen LogP contribution in [0.4, 0.5) is 5.69 Å². The molecule has 1 amide bonds. The molecule has 1 rings (SSSR count). The van der Waals surface area contributed by atoms with Gasteiger partial charge in [0.25, 0.3) is 5.91 Å². The second-order valence-electron chi connectivity index (χ2n) is 4.53. The first-order valence-corrected chi connectivity index (χ1v) is 5.76. The van der Waals surface area contributed by atoms with Crippen molar-refractivity contribution in [1.29, 1.82) is 0 Å². The highest BCUT2D eigenvalue weighted by molar-refractivity contribution is 6.32. The van der Waals surface area contributed by atoms with Crippen molar-refractivity contribution in [3.8, 4) is 0 Å². The average molecular weight is 288 g/mol. The molecule has 1 heterocycles. The Balaban J connectivity index is 3.07. The third-order valence-corrected chi connectivity index (χ3v) is 2.54. The molecule has 0 saturated heterocycles. The summed E-state index contributed by atoms with van der Waals surface area (Å²) in [5.74, 6) is -0.599. The molecule has 0 radical (unpaired) electrons. The van der Waals surface area contributed by atoms with Crippen molar-refractivity contribution in [2.75, 3.05) is 13.7 Å². The smallest absolute Gasteiger partial charge is 0.319 e. The maximum atomic E-state index is 12.1. The summed E-state index contributed by atoms with van der Waals surface area (Å²) in [4.78, 5) is 25.8. The highest BCUT2D eigenvalue weighted by Gasteiger charge is 2.28.